The second-order valence-electron chi connectivity index (χ2n) is 4.62. The van der Waals surface area contributed by atoms with Crippen LogP contribution in [0.5, 0.6) is 5.75 Å². The molecule has 2 heterocycles. The van der Waals surface area contributed by atoms with Crippen LogP contribution in [0.3, 0.4) is 0 Å². The minimum atomic E-state index is 0.386. The first-order valence-corrected chi connectivity index (χ1v) is 6.12. The number of benzene rings is 1. The number of likely N-dealkylation sites (tertiary alicyclic amines) is 1. The summed E-state index contributed by atoms with van der Waals surface area (Å²) in [6, 6.07) is 7.58. The highest BCUT2D eigenvalue weighted by molar-refractivity contribution is 5.84. The predicted octanol–water partition coefficient (Wildman–Crippen LogP) is 2.54. The molecule has 2 aromatic rings. The van der Waals surface area contributed by atoms with Gasteiger partial charge in [-0.05, 0) is 44.1 Å². The van der Waals surface area contributed by atoms with Gasteiger partial charge in [0.25, 0.3) is 0 Å². The van der Waals surface area contributed by atoms with Crippen LogP contribution >= 0.6 is 0 Å². The molecule has 0 amide bonds. The molecule has 1 aromatic heterocycles. The summed E-state index contributed by atoms with van der Waals surface area (Å²) in [5.74, 6) is 0.386. The van der Waals surface area contributed by atoms with Gasteiger partial charge in [0, 0.05) is 23.7 Å². The van der Waals surface area contributed by atoms with Crippen LogP contribution in [-0.4, -0.2) is 28.1 Å². The molecule has 0 spiro atoms. The van der Waals surface area contributed by atoms with E-state index in [1.807, 2.05) is 18.2 Å². The molecular weight excluding hydrogens is 212 g/mol. The summed E-state index contributed by atoms with van der Waals surface area (Å²) in [4.78, 5) is 6.72. The minimum absolute atomic E-state index is 0.386. The largest absolute Gasteiger partial charge is 0.508 e. The monoisotopic (exact) mass is 228 g/mol. The van der Waals surface area contributed by atoms with Gasteiger partial charge in [0.2, 0.25) is 0 Å². The van der Waals surface area contributed by atoms with E-state index in [1.54, 1.807) is 12.3 Å². The van der Waals surface area contributed by atoms with Gasteiger partial charge in [-0.25, -0.2) is 0 Å². The molecule has 1 N–H and O–H groups in total. The molecule has 0 aliphatic carbocycles. The van der Waals surface area contributed by atoms with E-state index in [9.17, 15) is 5.11 Å². The number of nitrogens with zero attached hydrogens (tertiary/aromatic N) is 2. The van der Waals surface area contributed by atoms with Crippen molar-refractivity contribution in [3.63, 3.8) is 0 Å². The van der Waals surface area contributed by atoms with Crippen molar-refractivity contribution in [2.45, 2.75) is 19.4 Å². The quantitative estimate of drug-likeness (QED) is 0.858. The standard InChI is InChI=1S/C14H16N2O/c17-14-6-5-13-11(4-3-7-15-13)12(14)10-16-8-1-2-9-16/h3-7,17H,1-2,8-10H2. The maximum Gasteiger partial charge on any atom is 0.120 e. The first-order valence-electron chi connectivity index (χ1n) is 6.12. The van der Waals surface area contributed by atoms with Gasteiger partial charge in [-0.3, -0.25) is 9.88 Å². The number of phenols is 1. The summed E-state index contributed by atoms with van der Waals surface area (Å²) in [5.41, 5.74) is 1.97. The summed E-state index contributed by atoms with van der Waals surface area (Å²) in [6.07, 6.45) is 4.33. The van der Waals surface area contributed by atoms with Gasteiger partial charge >= 0.3 is 0 Å². The molecule has 88 valence electrons. The maximum absolute atomic E-state index is 10.0. The highest BCUT2D eigenvalue weighted by Gasteiger charge is 2.15. The number of pyridine rings is 1. The number of hydrogen-bond acceptors (Lipinski definition) is 3. The van der Waals surface area contributed by atoms with Crippen LogP contribution in [0, 0.1) is 0 Å². The minimum Gasteiger partial charge on any atom is -0.508 e. The number of aromatic hydroxyl groups is 1. The molecular formula is C14H16N2O. The number of aromatic nitrogens is 1. The first kappa shape index (κ1) is 10.5. The van der Waals surface area contributed by atoms with Crippen LogP contribution in [0.4, 0.5) is 0 Å². The molecule has 3 heteroatoms. The summed E-state index contributed by atoms with van der Waals surface area (Å²) < 4.78 is 0. The third kappa shape index (κ3) is 1.98. The van der Waals surface area contributed by atoms with Gasteiger partial charge in [0.05, 0.1) is 5.52 Å². The lowest BCUT2D eigenvalue weighted by atomic mass is 10.1. The van der Waals surface area contributed by atoms with Crippen molar-refractivity contribution in [2.75, 3.05) is 13.1 Å². The Morgan fingerprint density at radius 2 is 2.00 bits per heavy atom. The van der Waals surface area contributed by atoms with E-state index >= 15 is 0 Å². The fraction of sp³-hybridized carbons (Fsp3) is 0.357. The topological polar surface area (TPSA) is 36.4 Å². The zero-order valence-electron chi connectivity index (χ0n) is 9.76. The molecule has 1 aromatic carbocycles. The lowest BCUT2D eigenvalue weighted by Crippen LogP contribution is -2.18. The lowest BCUT2D eigenvalue weighted by molar-refractivity contribution is 0.325. The van der Waals surface area contributed by atoms with Gasteiger partial charge in [-0.2, -0.15) is 0 Å². The number of fused-ring (bicyclic) bond motifs is 1. The van der Waals surface area contributed by atoms with Crippen LogP contribution in [-0.2, 0) is 6.54 Å². The van der Waals surface area contributed by atoms with E-state index in [4.69, 9.17) is 0 Å². The summed E-state index contributed by atoms with van der Waals surface area (Å²) >= 11 is 0. The molecule has 1 fully saturated rings. The molecule has 0 unspecified atom stereocenters. The van der Waals surface area contributed by atoms with E-state index in [0.29, 0.717) is 5.75 Å². The Hall–Kier alpha value is -1.61. The first-order chi connectivity index (χ1) is 8.34. The molecule has 1 aliphatic heterocycles. The van der Waals surface area contributed by atoms with Gasteiger partial charge < -0.3 is 5.11 Å². The Morgan fingerprint density at radius 1 is 1.18 bits per heavy atom. The fourth-order valence-electron chi connectivity index (χ4n) is 2.53. The van der Waals surface area contributed by atoms with Gasteiger partial charge in [-0.15, -0.1) is 0 Å². The van der Waals surface area contributed by atoms with Crippen molar-refractivity contribution in [1.29, 1.82) is 0 Å². The van der Waals surface area contributed by atoms with Gasteiger partial charge in [-0.1, -0.05) is 6.07 Å². The van der Waals surface area contributed by atoms with Crippen molar-refractivity contribution in [3.05, 3.63) is 36.0 Å². The van der Waals surface area contributed by atoms with Gasteiger partial charge in [0.1, 0.15) is 5.75 Å². The van der Waals surface area contributed by atoms with Crippen molar-refractivity contribution in [1.82, 2.24) is 9.88 Å². The van der Waals surface area contributed by atoms with E-state index in [0.717, 1.165) is 36.1 Å². The summed E-state index contributed by atoms with van der Waals surface area (Å²) in [5, 5.41) is 11.1. The Morgan fingerprint density at radius 3 is 2.82 bits per heavy atom. The Balaban J connectivity index is 2.03. The zero-order valence-corrected chi connectivity index (χ0v) is 9.76. The average Bonchev–Trinajstić information content (AvgIpc) is 2.86. The summed E-state index contributed by atoms with van der Waals surface area (Å²) in [6.45, 7) is 3.10. The van der Waals surface area contributed by atoms with Crippen LogP contribution in [0.25, 0.3) is 10.9 Å². The second-order valence-corrected chi connectivity index (χ2v) is 4.62. The Labute approximate surface area is 101 Å². The van der Waals surface area contributed by atoms with E-state index < -0.39 is 0 Å². The predicted molar refractivity (Wildman–Crippen MR) is 67.9 cm³/mol. The molecule has 17 heavy (non-hydrogen) atoms. The highest BCUT2D eigenvalue weighted by atomic mass is 16.3. The van der Waals surface area contributed by atoms with E-state index in [1.165, 1.54) is 12.8 Å². The van der Waals surface area contributed by atoms with Crippen molar-refractivity contribution < 1.29 is 5.11 Å². The molecule has 0 atom stereocenters. The van der Waals surface area contributed by atoms with Crippen molar-refractivity contribution in [3.8, 4) is 5.75 Å². The molecule has 0 bridgehead atoms. The smallest absolute Gasteiger partial charge is 0.120 e. The number of hydrogen-bond donors (Lipinski definition) is 1. The number of phenolic OH excluding ortho intramolecular Hbond substituents is 1. The third-order valence-corrected chi connectivity index (χ3v) is 3.45. The molecule has 1 saturated heterocycles. The molecule has 1 aliphatic rings. The molecule has 3 nitrogen and oxygen atoms in total. The molecule has 0 saturated carbocycles. The van der Waals surface area contributed by atoms with Crippen LogP contribution in [0.1, 0.15) is 18.4 Å². The van der Waals surface area contributed by atoms with Crippen LogP contribution in [0.15, 0.2) is 30.5 Å². The summed E-state index contributed by atoms with van der Waals surface area (Å²) in [7, 11) is 0. The van der Waals surface area contributed by atoms with Crippen molar-refractivity contribution >= 4 is 10.9 Å². The molecule has 3 rings (SSSR count). The van der Waals surface area contributed by atoms with Crippen LogP contribution in [0.2, 0.25) is 0 Å². The van der Waals surface area contributed by atoms with Crippen molar-refractivity contribution in [2.24, 2.45) is 0 Å². The SMILES string of the molecule is Oc1ccc2ncccc2c1CN1CCCC1. The zero-order chi connectivity index (χ0) is 11.7. The van der Waals surface area contributed by atoms with E-state index in [-0.39, 0.29) is 0 Å². The van der Waals surface area contributed by atoms with Gasteiger partial charge in [0.15, 0.2) is 0 Å². The Kier molecular flexibility index (Phi) is 2.69. The normalized spacial score (nSPS) is 16.7. The van der Waals surface area contributed by atoms with Crippen LogP contribution < -0.4 is 0 Å². The average molecular weight is 228 g/mol. The lowest BCUT2D eigenvalue weighted by Gasteiger charge is -2.17. The number of rotatable bonds is 2. The fourth-order valence-corrected chi connectivity index (χ4v) is 2.53. The molecule has 0 radical (unpaired) electrons. The maximum atomic E-state index is 10.0. The second kappa shape index (κ2) is 4.34. The Bertz CT molecular complexity index is 533. The van der Waals surface area contributed by atoms with E-state index in [2.05, 4.69) is 9.88 Å². The third-order valence-electron chi connectivity index (χ3n) is 3.45. The highest BCUT2D eigenvalue weighted by Crippen LogP contribution is 2.28.